The Morgan fingerprint density at radius 1 is 1.36 bits per heavy atom. The molecule has 1 aromatic carbocycles. The Kier molecular flexibility index (Phi) is 4.47. The van der Waals surface area contributed by atoms with E-state index in [4.69, 9.17) is 16.6 Å². The first-order valence-corrected chi connectivity index (χ1v) is 7.95. The monoisotopic (exact) mass is 335 g/mol. The molecule has 3 rings (SSSR count). The largest absolute Gasteiger partial charge is 0.408 e. The minimum Gasteiger partial charge on any atom is -0.408 e. The molecule has 0 aliphatic heterocycles. The van der Waals surface area contributed by atoms with Gasteiger partial charge in [0.25, 0.3) is 10.7 Å². The Bertz CT molecular complexity index is 810. The van der Waals surface area contributed by atoms with Crippen molar-refractivity contribution in [1.29, 1.82) is 0 Å². The summed E-state index contributed by atoms with van der Waals surface area (Å²) in [4.78, 5) is 3.26. The van der Waals surface area contributed by atoms with Gasteiger partial charge in [0.1, 0.15) is 5.82 Å². The fraction of sp³-hybridized carbons (Fsp3) is 0.200. The molecule has 0 spiro atoms. The Morgan fingerprint density at radius 2 is 2.23 bits per heavy atom. The quantitative estimate of drug-likeness (QED) is 0.656. The highest BCUT2D eigenvalue weighted by Gasteiger charge is 2.11. The van der Waals surface area contributed by atoms with Crippen LogP contribution in [0.3, 0.4) is 0 Å². The fourth-order valence-corrected chi connectivity index (χ4v) is 2.94. The summed E-state index contributed by atoms with van der Waals surface area (Å²) in [5.74, 6) is 0.295. The number of hydrogen-bond acceptors (Lipinski definition) is 5. The van der Waals surface area contributed by atoms with Gasteiger partial charge in [0.2, 0.25) is 0 Å². The van der Waals surface area contributed by atoms with Gasteiger partial charge in [-0.2, -0.15) is 0 Å². The maximum atomic E-state index is 13.2. The van der Waals surface area contributed by atoms with Crippen LogP contribution >= 0.6 is 23.6 Å². The second-order valence-corrected chi connectivity index (χ2v) is 6.23. The Morgan fingerprint density at radius 3 is 2.95 bits per heavy atom. The number of nitrogens with zero attached hydrogens (tertiary/aromatic N) is 3. The van der Waals surface area contributed by atoms with Crippen LogP contribution in [0.2, 0.25) is 0 Å². The summed E-state index contributed by atoms with van der Waals surface area (Å²) < 4.78 is 20.4. The van der Waals surface area contributed by atoms with E-state index in [0.717, 1.165) is 10.4 Å². The molecule has 114 valence electrons. The van der Waals surface area contributed by atoms with Gasteiger partial charge in [-0.05, 0) is 48.4 Å². The molecular formula is C15H14FN3OS2. The van der Waals surface area contributed by atoms with Gasteiger partial charge < -0.3 is 4.42 Å². The van der Waals surface area contributed by atoms with Gasteiger partial charge in [0.15, 0.2) is 0 Å². The second-order valence-electron chi connectivity index (χ2n) is 4.94. The standard InChI is InChI=1S/C15H14FN3OS2/c1-18(9-11-4-2-5-12(16)8-11)10-19-15(21)20-14(17-19)13-6-3-7-22-13/h2-8H,9-10H2,1H3. The van der Waals surface area contributed by atoms with E-state index in [0.29, 0.717) is 23.9 Å². The highest BCUT2D eigenvalue weighted by Crippen LogP contribution is 2.23. The van der Waals surface area contributed by atoms with Crippen LogP contribution in [0.5, 0.6) is 0 Å². The smallest absolute Gasteiger partial charge is 0.288 e. The summed E-state index contributed by atoms with van der Waals surface area (Å²) in [6, 6.07) is 10.4. The van der Waals surface area contributed by atoms with Crippen LogP contribution in [0.25, 0.3) is 10.8 Å². The van der Waals surface area contributed by atoms with Crippen LogP contribution in [0.4, 0.5) is 4.39 Å². The van der Waals surface area contributed by atoms with Crippen LogP contribution in [0.1, 0.15) is 5.56 Å². The van der Waals surface area contributed by atoms with E-state index in [1.807, 2.05) is 35.5 Å². The summed E-state index contributed by atoms with van der Waals surface area (Å²) >= 11 is 6.75. The topological polar surface area (TPSA) is 34.2 Å². The summed E-state index contributed by atoms with van der Waals surface area (Å²) in [6.07, 6.45) is 0. The molecule has 0 atom stereocenters. The first kappa shape index (κ1) is 15.1. The average molecular weight is 335 g/mol. The lowest BCUT2D eigenvalue weighted by atomic mass is 10.2. The predicted octanol–water partition coefficient (Wildman–Crippen LogP) is 4.16. The molecule has 0 amide bonds. The van der Waals surface area contributed by atoms with E-state index in [9.17, 15) is 4.39 Å². The number of hydrogen-bond donors (Lipinski definition) is 0. The molecule has 0 aliphatic rings. The van der Waals surface area contributed by atoms with Gasteiger partial charge in [-0.3, -0.25) is 4.90 Å². The summed E-state index contributed by atoms with van der Waals surface area (Å²) in [5, 5.41) is 6.35. The zero-order valence-corrected chi connectivity index (χ0v) is 13.5. The number of thiophene rings is 1. The maximum absolute atomic E-state index is 13.2. The van der Waals surface area contributed by atoms with Crippen molar-refractivity contribution in [3.63, 3.8) is 0 Å². The SMILES string of the molecule is CN(Cc1cccc(F)c1)Cn1nc(-c2cccs2)oc1=S. The van der Waals surface area contributed by atoms with Gasteiger partial charge in [0, 0.05) is 6.54 Å². The lowest BCUT2D eigenvalue weighted by molar-refractivity contribution is 0.240. The van der Waals surface area contributed by atoms with E-state index >= 15 is 0 Å². The van der Waals surface area contributed by atoms with Gasteiger partial charge in [-0.25, -0.2) is 9.07 Å². The predicted molar refractivity (Wildman–Crippen MR) is 86.5 cm³/mol. The zero-order chi connectivity index (χ0) is 15.5. The van der Waals surface area contributed by atoms with Crippen molar-refractivity contribution in [2.24, 2.45) is 0 Å². The third-order valence-electron chi connectivity index (χ3n) is 3.06. The van der Waals surface area contributed by atoms with E-state index < -0.39 is 0 Å². The molecule has 2 heterocycles. The van der Waals surface area contributed by atoms with Crippen molar-refractivity contribution in [1.82, 2.24) is 14.7 Å². The molecular weight excluding hydrogens is 321 g/mol. The van der Waals surface area contributed by atoms with Crippen molar-refractivity contribution in [2.45, 2.75) is 13.2 Å². The number of halogens is 1. The molecule has 2 aromatic heterocycles. The van der Waals surface area contributed by atoms with Gasteiger partial charge in [-0.15, -0.1) is 16.4 Å². The lowest BCUT2D eigenvalue weighted by Gasteiger charge is -2.15. The molecule has 0 radical (unpaired) electrons. The molecule has 3 aromatic rings. The average Bonchev–Trinajstić information content (AvgIpc) is 3.09. The summed E-state index contributed by atoms with van der Waals surface area (Å²) in [7, 11) is 1.92. The zero-order valence-electron chi connectivity index (χ0n) is 11.9. The van der Waals surface area contributed by atoms with Crippen molar-refractivity contribution < 1.29 is 8.81 Å². The van der Waals surface area contributed by atoms with Crippen LogP contribution in [0, 0.1) is 10.7 Å². The minimum atomic E-state index is -0.232. The number of benzene rings is 1. The highest BCUT2D eigenvalue weighted by atomic mass is 32.1. The van der Waals surface area contributed by atoms with E-state index in [1.54, 1.807) is 22.1 Å². The Labute approximate surface area is 136 Å². The Balaban J connectivity index is 1.72. The van der Waals surface area contributed by atoms with Gasteiger partial charge in [0.05, 0.1) is 11.5 Å². The normalized spacial score (nSPS) is 11.2. The number of aromatic nitrogens is 2. The van der Waals surface area contributed by atoms with Crippen molar-refractivity contribution in [3.8, 4) is 10.8 Å². The van der Waals surface area contributed by atoms with Crippen LogP contribution in [-0.4, -0.2) is 21.7 Å². The Hall–Kier alpha value is -1.83. The van der Waals surface area contributed by atoms with Gasteiger partial charge in [-0.1, -0.05) is 18.2 Å². The lowest BCUT2D eigenvalue weighted by Crippen LogP contribution is -2.22. The second kappa shape index (κ2) is 6.51. The van der Waals surface area contributed by atoms with Crippen molar-refractivity contribution in [2.75, 3.05) is 7.05 Å². The molecule has 0 N–H and O–H groups in total. The first-order chi connectivity index (χ1) is 10.6. The first-order valence-electron chi connectivity index (χ1n) is 6.66. The summed E-state index contributed by atoms with van der Waals surface area (Å²) in [6.45, 7) is 1.07. The molecule has 4 nitrogen and oxygen atoms in total. The third kappa shape index (κ3) is 3.49. The van der Waals surface area contributed by atoms with Crippen LogP contribution in [0.15, 0.2) is 46.2 Å². The maximum Gasteiger partial charge on any atom is 0.288 e. The molecule has 0 saturated heterocycles. The molecule has 7 heteroatoms. The molecule has 22 heavy (non-hydrogen) atoms. The van der Waals surface area contributed by atoms with E-state index in [-0.39, 0.29) is 5.82 Å². The minimum absolute atomic E-state index is 0.232. The fourth-order valence-electron chi connectivity index (χ4n) is 2.12. The molecule has 0 unspecified atom stereocenters. The van der Waals surface area contributed by atoms with Crippen molar-refractivity contribution in [3.05, 3.63) is 58.0 Å². The van der Waals surface area contributed by atoms with E-state index in [1.165, 1.54) is 12.1 Å². The number of rotatable bonds is 5. The van der Waals surface area contributed by atoms with Gasteiger partial charge >= 0.3 is 0 Å². The highest BCUT2D eigenvalue weighted by molar-refractivity contribution is 7.71. The molecule has 0 saturated carbocycles. The van der Waals surface area contributed by atoms with Crippen LogP contribution in [-0.2, 0) is 13.2 Å². The molecule has 0 bridgehead atoms. The van der Waals surface area contributed by atoms with Crippen LogP contribution < -0.4 is 0 Å². The van der Waals surface area contributed by atoms with E-state index in [2.05, 4.69) is 5.10 Å². The molecule has 0 fully saturated rings. The van der Waals surface area contributed by atoms with Crippen molar-refractivity contribution >= 4 is 23.6 Å². The molecule has 0 aliphatic carbocycles. The summed E-state index contributed by atoms with van der Waals surface area (Å²) in [5.41, 5.74) is 0.899. The third-order valence-corrected chi connectivity index (χ3v) is 4.21.